The minimum Gasteiger partial charge on any atom is -0.503 e. The summed E-state index contributed by atoms with van der Waals surface area (Å²) < 4.78 is 4.85. The number of hydrogen-bond donors (Lipinski definition) is 0. The van der Waals surface area contributed by atoms with Gasteiger partial charge in [-0.15, -0.1) is 0 Å². The Kier molecular flexibility index (Phi) is 2.52. The van der Waals surface area contributed by atoms with Crippen LogP contribution >= 0.6 is 0 Å². The van der Waals surface area contributed by atoms with E-state index in [1.165, 1.54) is 0 Å². The zero-order valence-corrected chi connectivity index (χ0v) is 6.96. The van der Waals surface area contributed by atoms with Crippen LogP contribution in [0.25, 0.3) is 0 Å². The van der Waals surface area contributed by atoms with Crippen LogP contribution in [0.15, 0.2) is 12.0 Å². The number of amides is 1. The first-order valence-electron chi connectivity index (χ1n) is 3.75. The fourth-order valence-corrected chi connectivity index (χ4v) is 1.32. The molecule has 1 rings (SSSR count). The summed E-state index contributed by atoms with van der Waals surface area (Å²) in [6, 6.07) is 0. The Morgan fingerprint density at radius 3 is 3.00 bits per heavy atom. The Balaban J connectivity index is 2.65. The molecule has 0 saturated carbocycles. The van der Waals surface area contributed by atoms with Crippen LogP contribution < -0.4 is 0 Å². The number of nitrogens with zero attached hydrogens (tertiary/aromatic N) is 1. The van der Waals surface area contributed by atoms with Gasteiger partial charge in [0.2, 0.25) is 5.91 Å². The van der Waals surface area contributed by atoms with E-state index < -0.39 is 0 Å². The van der Waals surface area contributed by atoms with Gasteiger partial charge in [0.05, 0.1) is 12.8 Å². The predicted octanol–water partition coefficient (Wildman–Crippen LogP) is 1.12. The van der Waals surface area contributed by atoms with E-state index in [0.717, 1.165) is 25.1 Å². The van der Waals surface area contributed by atoms with E-state index in [4.69, 9.17) is 4.74 Å². The van der Waals surface area contributed by atoms with Crippen molar-refractivity contribution in [3.8, 4) is 0 Å². The number of hydrogen-bond acceptors (Lipinski definition) is 2. The van der Waals surface area contributed by atoms with Crippen LogP contribution in [0.2, 0.25) is 0 Å². The average molecular weight is 155 g/mol. The van der Waals surface area contributed by atoms with Crippen LogP contribution in [0.3, 0.4) is 0 Å². The van der Waals surface area contributed by atoms with Gasteiger partial charge in [-0.3, -0.25) is 4.79 Å². The standard InChI is InChI=1S/C8H13NO2/c1-7(10)9-5-3-4-8(9)6-11-2/h6H,3-5H2,1-2H3/b8-6+. The molecule has 1 amide bonds. The number of rotatable bonds is 1. The molecule has 0 radical (unpaired) electrons. The molecular weight excluding hydrogens is 142 g/mol. The van der Waals surface area contributed by atoms with E-state index >= 15 is 0 Å². The Morgan fingerprint density at radius 1 is 1.73 bits per heavy atom. The van der Waals surface area contributed by atoms with Gasteiger partial charge in [-0.2, -0.15) is 0 Å². The molecule has 0 aromatic rings. The molecule has 3 heteroatoms. The fraction of sp³-hybridized carbons (Fsp3) is 0.625. The molecule has 1 fully saturated rings. The summed E-state index contributed by atoms with van der Waals surface area (Å²) in [4.78, 5) is 12.7. The van der Waals surface area contributed by atoms with Gasteiger partial charge in [0.1, 0.15) is 6.26 Å². The molecular formula is C8H13NO2. The van der Waals surface area contributed by atoms with Gasteiger partial charge in [-0.25, -0.2) is 0 Å². The van der Waals surface area contributed by atoms with Gasteiger partial charge in [0.25, 0.3) is 0 Å². The first-order chi connectivity index (χ1) is 5.25. The third kappa shape index (κ3) is 1.73. The summed E-state index contributed by atoms with van der Waals surface area (Å²) in [5.41, 5.74) is 1.00. The summed E-state index contributed by atoms with van der Waals surface area (Å²) in [5, 5.41) is 0. The fourth-order valence-electron chi connectivity index (χ4n) is 1.32. The zero-order chi connectivity index (χ0) is 8.27. The monoisotopic (exact) mass is 155 g/mol. The molecule has 1 aliphatic heterocycles. The van der Waals surface area contributed by atoms with E-state index in [1.807, 2.05) is 0 Å². The number of ether oxygens (including phenoxy) is 1. The minimum absolute atomic E-state index is 0.103. The average Bonchev–Trinajstić information content (AvgIpc) is 2.36. The summed E-state index contributed by atoms with van der Waals surface area (Å²) in [6.07, 6.45) is 3.65. The molecule has 0 bridgehead atoms. The first kappa shape index (κ1) is 8.11. The lowest BCUT2D eigenvalue weighted by atomic mass is 10.3. The molecule has 3 nitrogen and oxygen atoms in total. The van der Waals surface area contributed by atoms with Crippen molar-refractivity contribution in [3.05, 3.63) is 12.0 Å². The van der Waals surface area contributed by atoms with Gasteiger partial charge in [0.15, 0.2) is 0 Å². The highest BCUT2D eigenvalue weighted by atomic mass is 16.5. The SMILES string of the molecule is CO/C=C1\CCCN1C(C)=O. The smallest absolute Gasteiger partial charge is 0.223 e. The molecule has 0 N–H and O–H groups in total. The second kappa shape index (κ2) is 3.42. The van der Waals surface area contributed by atoms with E-state index in [2.05, 4.69) is 0 Å². The number of methoxy groups -OCH3 is 1. The van der Waals surface area contributed by atoms with Gasteiger partial charge >= 0.3 is 0 Å². The molecule has 1 heterocycles. The molecule has 1 saturated heterocycles. The van der Waals surface area contributed by atoms with E-state index in [9.17, 15) is 4.79 Å². The zero-order valence-electron chi connectivity index (χ0n) is 6.96. The normalized spacial score (nSPS) is 20.9. The maximum absolute atomic E-state index is 11.0. The number of carbonyl (C=O) groups is 1. The van der Waals surface area contributed by atoms with E-state index in [0.29, 0.717) is 0 Å². The lowest BCUT2D eigenvalue weighted by molar-refractivity contribution is -0.126. The Bertz CT molecular complexity index is 187. The number of allylic oxidation sites excluding steroid dienone is 1. The Hall–Kier alpha value is -0.990. The maximum atomic E-state index is 11.0. The summed E-state index contributed by atoms with van der Waals surface area (Å²) >= 11 is 0. The second-order valence-electron chi connectivity index (χ2n) is 2.62. The topological polar surface area (TPSA) is 29.5 Å². The van der Waals surface area contributed by atoms with E-state index in [-0.39, 0.29) is 5.91 Å². The number of carbonyl (C=O) groups excluding carboxylic acids is 1. The highest BCUT2D eigenvalue weighted by Gasteiger charge is 2.20. The van der Waals surface area contributed by atoms with Crippen molar-refractivity contribution in [2.24, 2.45) is 0 Å². The van der Waals surface area contributed by atoms with Crippen molar-refractivity contribution < 1.29 is 9.53 Å². The van der Waals surface area contributed by atoms with Gasteiger partial charge in [-0.05, 0) is 12.8 Å². The number of likely N-dealkylation sites (tertiary alicyclic amines) is 1. The molecule has 0 aromatic carbocycles. The first-order valence-corrected chi connectivity index (χ1v) is 3.75. The molecule has 0 atom stereocenters. The lowest BCUT2D eigenvalue weighted by Crippen LogP contribution is -2.23. The summed E-state index contributed by atoms with van der Waals surface area (Å²) in [5.74, 6) is 0.103. The third-order valence-electron chi connectivity index (χ3n) is 1.80. The molecule has 62 valence electrons. The van der Waals surface area contributed by atoms with Gasteiger partial charge in [-0.1, -0.05) is 0 Å². The van der Waals surface area contributed by atoms with Crippen molar-refractivity contribution in [1.82, 2.24) is 4.90 Å². The lowest BCUT2D eigenvalue weighted by Gasteiger charge is -2.14. The van der Waals surface area contributed by atoms with Crippen molar-refractivity contribution in [2.75, 3.05) is 13.7 Å². The van der Waals surface area contributed by atoms with Crippen LogP contribution in [0.5, 0.6) is 0 Å². The highest BCUT2D eigenvalue weighted by molar-refractivity contribution is 5.75. The largest absolute Gasteiger partial charge is 0.503 e. The van der Waals surface area contributed by atoms with Crippen LogP contribution in [0.1, 0.15) is 19.8 Å². The van der Waals surface area contributed by atoms with Crippen molar-refractivity contribution in [1.29, 1.82) is 0 Å². The van der Waals surface area contributed by atoms with Crippen LogP contribution in [0.4, 0.5) is 0 Å². The van der Waals surface area contributed by atoms with Crippen molar-refractivity contribution in [2.45, 2.75) is 19.8 Å². The van der Waals surface area contributed by atoms with Crippen LogP contribution in [-0.2, 0) is 9.53 Å². The predicted molar refractivity (Wildman–Crippen MR) is 41.7 cm³/mol. The molecule has 11 heavy (non-hydrogen) atoms. The third-order valence-corrected chi connectivity index (χ3v) is 1.80. The second-order valence-corrected chi connectivity index (χ2v) is 2.62. The van der Waals surface area contributed by atoms with Crippen molar-refractivity contribution >= 4 is 5.91 Å². The Morgan fingerprint density at radius 2 is 2.45 bits per heavy atom. The minimum atomic E-state index is 0.103. The van der Waals surface area contributed by atoms with Crippen LogP contribution in [0, 0.1) is 0 Å². The Labute approximate surface area is 66.6 Å². The summed E-state index contributed by atoms with van der Waals surface area (Å²) in [6.45, 7) is 2.42. The van der Waals surface area contributed by atoms with Crippen LogP contribution in [-0.4, -0.2) is 24.5 Å². The van der Waals surface area contributed by atoms with Gasteiger partial charge < -0.3 is 9.64 Å². The summed E-state index contributed by atoms with van der Waals surface area (Å²) in [7, 11) is 1.60. The molecule has 0 aromatic heterocycles. The van der Waals surface area contributed by atoms with Crippen molar-refractivity contribution in [3.63, 3.8) is 0 Å². The van der Waals surface area contributed by atoms with E-state index in [1.54, 1.807) is 25.2 Å². The quantitative estimate of drug-likeness (QED) is 0.531. The van der Waals surface area contributed by atoms with Gasteiger partial charge in [0, 0.05) is 13.5 Å². The molecule has 1 aliphatic rings. The molecule has 0 aliphatic carbocycles. The molecule has 0 unspecified atom stereocenters. The highest BCUT2D eigenvalue weighted by Crippen LogP contribution is 2.20. The molecule has 0 spiro atoms. The maximum Gasteiger partial charge on any atom is 0.223 e.